The summed E-state index contributed by atoms with van der Waals surface area (Å²) in [5, 5.41) is 15.2. The van der Waals surface area contributed by atoms with Gasteiger partial charge in [0.25, 0.3) is 0 Å². The second-order valence-corrected chi connectivity index (χ2v) is 14.7. The summed E-state index contributed by atoms with van der Waals surface area (Å²) in [6.45, 7) is 13.1. The average molecular weight is 653 g/mol. The molecule has 2 fully saturated rings. The molecule has 6 rings (SSSR count). The zero-order valence-electron chi connectivity index (χ0n) is 28.7. The first kappa shape index (κ1) is 33.9. The molecule has 7 nitrogen and oxygen atoms in total. The zero-order valence-corrected chi connectivity index (χ0v) is 28.7. The van der Waals surface area contributed by atoms with Gasteiger partial charge in [0.05, 0.1) is 5.69 Å². The van der Waals surface area contributed by atoms with Gasteiger partial charge in [0, 0.05) is 50.1 Å². The first-order valence-electron chi connectivity index (χ1n) is 17.4. The number of aryl methyl sites for hydroxylation is 1. The first-order valence-corrected chi connectivity index (χ1v) is 17.4. The Bertz CT molecular complexity index is 1660. The van der Waals surface area contributed by atoms with Crippen LogP contribution >= 0.6 is 0 Å². The van der Waals surface area contributed by atoms with Crippen LogP contribution in [0.15, 0.2) is 84.9 Å². The maximum atomic E-state index is 14.3. The van der Waals surface area contributed by atoms with Crippen LogP contribution in [0, 0.1) is 17.2 Å². The maximum Gasteiger partial charge on any atom is 0.321 e. The number of aromatic nitrogens is 2. The zero-order chi connectivity index (χ0) is 33.8. The van der Waals surface area contributed by atoms with Crippen LogP contribution in [0.2, 0.25) is 0 Å². The van der Waals surface area contributed by atoms with Crippen molar-refractivity contribution >= 4 is 5.97 Å². The summed E-state index contributed by atoms with van der Waals surface area (Å²) < 4.78 is 22.5. The molecule has 2 aliphatic rings. The molecule has 2 saturated heterocycles. The quantitative estimate of drug-likeness (QED) is 0.178. The van der Waals surface area contributed by atoms with E-state index in [1.54, 1.807) is 12.1 Å². The third-order valence-electron chi connectivity index (χ3n) is 10.1. The number of ether oxygens (including phenoxy) is 1. The number of carboxylic acid groups (broad SMARTS) is 1. The van der Waals surface area contributed by atoms with Gasteiger partial charge in [0.2, 0.25) is 0 Å². The van der Waals surface area contributed by atoms with Crippen molar-refractivity contribution in [3.8, 4) is 11.5 Å². The molecular weight excluding hydrogens is 603 g/mol. The van der Waals surface area contributed by atoms with Crippen LogP contribution in [-0.2, 0) is 17.8 Å². The molecule has 254 valence electrons. The van der Waals surface area contributed by atoms with Gasteiger partial charge >= 0.3 is 5.97 Å². The number of hydrogen-bond acceptors (Lipinski definition) is 5. The SMILES string of the molecule is CCn1nc(Cc2ccc(Oc3ccccc3)cc2)cc1C1CCN(C[C@H]2CN([C@@H](C(=O)O)C(C)(C)C)C[C@@H]2c2cccc(F)c2)CC1. The van der Waals surface area contributed by atoms with E-state index in [-0.39, 0.29) is 17.7 Å². The molecule has 8 heteroatoms. The van der Waals surface area contributed by atoms with Crippen molar-refractivity contribution in [1.82, 2.24) is 19.6 Å². The van der Waals surface area contributed by atoms with Crippen LogP contribution in [0.5, 0.6) is 11.5 Å². The molecule has 3 atom stereocenters. The molecule has 2 aliphatic heterocycles. The standard InChI is InChI=1S/C40H49FN4O3/c1-5-45-37(24-33(42-45)22-28-14-16-35(17-15-28)48-34-12-7-6-8-13-34)29-18-20-43(21-19-29)25-31-26-44(38(39(46)47)40(2,3)4)27-36(31)30-10-9-11-32(41)23-30/h6-17,23-24,29,31,36,38H,5,18-22,25-27H2,1-4H3,(H,46,47)/t31-,36+,38-/m0/s1. The third-order valence-corrected chi connectivity index (χ3v) is 10.1. The van der Waals surface area contributed by atoms with Gasteiger partial charge in [-0.3, -0.25) is 14.4 Å². The molecule has 0 saturated carbocycles. The number of carbonyl (C=O) groups is 1. The molecule has 0 bridgehead atoms. The highest BCUT2D eigenvalue weighted by molar-refractivity contribution is 5.74. The predicted molar refractivity (Wildman–Crippen MR) is 187 cm³/mol. The third kappa shape index (κ3) is 7.99. The number of hydrogen-bond donors (Lipinski definition) is 1. The molecule has 3 heterocycles. The topological polar surface area (TPSA) is 70.8 Å². The molecule has 0 spiro atoms. The summed E-state index contributed by atoms with van der Waals surface area (Å²) in [6, 6.07) is 26.7. The van der Waals surface area contributed by atoms with Crippen LogP contribution < -0.4 is 4.74 Å². The second-order valence-electron chi connectivity index (χ2n) is 14.7. The second kappa shape index (κ2) is 14.6. The summed E-state index contributed by atoms with van der Waals surface area (Å²) >= 11 is 0. The summed E-state index contributed by atoms with van der Waals surface area (Å²) in [5.41, 5.74) is 4.16. The van der Waals surface area contributed by atoms with Gasteiger partial charge < -0.3 is 14.7 Å². The summed E-state index contributed by atoms with van der Waals surface area (Å²) in [4.78, 5) is 17.1. The van der Waals surface area contributed by atoms with Crippen molar-refractivity contribution in [2.24, 2.45) is 11.3 Å². The summed E-state index contributed by atoms with van der Waals surface area (Å²) in [7, 11) is 0. The van der Waals surface area contributed by atoms with Crippen molar-refractivity contribution in [1.29, 1.82) is 0 Å². The van der Waals surface area contributed by atoms with E-state index in [1.807, 2.05) is 69.3 Å². The van der Waals surface area contributed by atoms with E-state index < -0.39 is 17.4 Å². The molecule has 0 aliphatic carbocycles. The lowest BCUT2D eigenvalue weighted by Gasteiger charge is -2.36. The van der Waals surface area contributed by atoms with Gasteiger partial charge in [-0.2, -0.15) is 5.10 Å². The number of likely N-dealkylation sites (tertiary alicyclic amines) is 2. The fraction of sp³-hybridized carbons (Fsp3) is 0.450. The van der Waals surface area contributed by atoms with E-state index in [0.717, 1.165) is 68.2 Å². The fourth-order valence-corrected chi connectivity index (χ4v) is 7.90. The molecule has 0 radical (unpaired) electrons. The normalized spacial score (nSPS) is 20.2. The van der Waals surface area contributed by atoms with Gasteiger partial charge in [-0.05, 0) is 97.8 Å². The van der Waals surface area contributed by atoms with Crippen LogP contribution in [0.3, 0.4) is 0 Å². The van der Waals surface area contributed by atoms with Gasteiger partial charge in [-0.25, -0.2) is 4.39 Å². The molecule has 4 aromatic rings. The van der Waals surface area contributed by atoms with Crippen LogP contribution in [-0.4, -0.2) is 69.4 Å². The van der Waals surface area contributed by atoms with E-state index in [4.69, 9.17) is 9.84 Å². The number of piperidine rings is 1. The minimum Gasteiger partial charge on any atom is -0.480 e. The van der Waals surface area contributed by atoms with Crippen molar-refractivity contribution in [2.45, 2.75) is 71.4 Å². The maximum absolute atomic E-state index is 14.3. The fourth-order valence-electron chi connectivity index (χ4n) is 7.90. The van der Waals surface area contributed by atoms with Gasteiger partial charge in [0.15, 0.2) is 0 Å². The lowest BCUT2D eigenvalue weighted by Crippen LogP contribution is -2.48. The largest absolute Gasteiger partial charge is 0.480 e. The monoisotopic (exact) mass is 652 g/mol. The predicted octanol–water partition coefficient (Wildman–Crippen LogP) is 7.82. The molecule has 48 heavy (non-hydrogen) atoms. The number of carboxylic acids is 1. The Balaban J connectivity index is 1.09. The van der Waals surface area contributed by atoms with Gasteiger partial charge in [-0.15, -0.1) is 0 Å². The van der Waals surface area contributed by atoms with Crippen LogP contribution in [0.4, 0.5) is 4.39 Å². The van der Waals surface area contributed by atoms with Gasteiger partial charge in [0.1, 0.15) is 23.4 Å². The Kier molecular flexibility index (Phi) is 10.3. The highest BCUT2D eigenvalue weighted by atomic mass is 19.1. The summed E-state index contributed by atoms with van der Waals surface area (Å²) in [6.07, 6.45) is 2.88. The van der Waals surface area contributed by atoms with E-state index in [9.17, 15) is 14.3 Å². The minimum atomic E-state index is -0.789. The first-order chi connectivity index (χ1) is 23.1. The van der Waals surface area contributed by atoms with E-state index in [0.29, 0.717) is 19.0 Å². The Morgan fingerprint density at radius 3 is 2.31 bits per heavy atom. The number of benzene rings is 3. The minimum absolute atomic E-state index is 0.0886. The number of nitrogens with zero attached hydrogens (tertiary/aromatic N) is 4. The van der Waals surface area contributed by atoms with E-state index >= 15 is 0 Å². The molecule has 0 amide bonds. The number of para-hydroxylation sites is 1. The molecular formula is C40H49FN4O3. The highest BCUT2D eigenvalue weighted by Gasteiger charge is 2.44. The Morgan fingerprint density at radius 2 is 1.67 bits per heavy atom. The van der Waals surface area contributed by atoms with Crippen molar-refractivity contribution in [3.05, 3.63) is 113 Å². The molecule has 1 aromatic heterocycles. The van der Waals surface area contributed by atoms with Crippen LogP contribution in [0.1, 0.15) is 74.9 Å². The van der Waals surface area contributed by atoms with E-state index in [2.05, 4.69) is 39.6 Å². The number of aliphatic carboxylic acids is 1. The highest BCUT2D eigenvalue weighted by Crippen LogP contribution is 2.39. The van der Waals surface area contributed by atoms with Crippen molar-refractivity contribution in [2.75, 3.05) is 32.7 Å². The Morgan fingerprint density at radius 1 is 0.958 bits per heavy atom. The molecule has 0 unspecified atom stereocenters. The molecule has 3 aromatic carbocycles. The Labute approximate surface area is 284 Å². The summed E-state index contributed by atoms with van der Waals surface area (Å²) in [5.74, 6) is 1.38. The van der Waals surface area contributed by atoms with Crippen molar-refractivity contribution in [3.63, 3.8) is 0 Å². The van der Waals surface area contributed by atoms with Crippen LogP contribution in [0.25, 0.3) is 0 Å². The van der Waals surface area contributed by atoms with E-state index in [1.165, 1.54) is 17.3 Å². The molecule has 1 N–H and O–H groups in total. The average Bonchev–Trinajstić information content (AvgIpc) is 3.66. The smallest absolute Gasteiger partial charge is 0.321 e. The van der Waals surface area contributed by atoms with Crippen molar-refractivity contribution < 1.29 is 19.0 Å². The number of rotatable bonds is 11. The van der Waals surface area contributed by atoms with Gasteiger partial charge in [-0.1, -0.05) is 63.2 Å². The Hall–Kier alpha value is -4.01. The lowest BCUT2D eigenvalue weighted by atomic mass is 9.85. The lowest BCUT2D eigenvalue weighted by molar-refractivity contribution is -0.147. The number of halogens is 1.